The quantitative estimate of drug-likeness (QED) is 0.582. The Hall–Kier alpha value is -2.49. The van der Waals surface area contributed by atoms with Crippen molar-refractivity contribution in [3.8, 4) is 0 Å². The van der Waals surface area contributed by atoms with Crippen LogP contribution < -0.4 is 9.80 Å². The number of hydrogen-bond acceptors (Lipinski definition) is 6. The zero-order chi connectivity index (χ0) is 21.0. The number of carbonyl (C=O) groups is 2. The van der Waals surface area contributed by atoms with Crippen LogP contribution in [0.1, 0.15) is 18.6 Å². The molecule has 2 unspecified atom stereocenters. The van der Waals surface area contributed by atoms with Crippen LogP contribution in [-0.2, 0) is 19.1 Å². The van der Waals surface area contributed by atoms with Crippen molar-refractivity contribution in [3.05, 3.63) is 59.1 Å². The van der Waals surface area contributed by atoms with E-state index in [2.05, 4.69) is 0 Å². The highest BCUT2D eigenvalue weighted by atomic mass is 35.5. The molecular formula is C20H19ClN2O6. The lowest BCUT2D eigenvalue weighted by Gasteiger charge is -2.41. The smallest absolute Gasteiger partial charge is 0.319 e. The van der Waals surface area contributed by atoms with Gasteiger partial charge in [-0.15, -0.1) is 0 Å². The van der Waals surface area contributed by atoms with E-state index in [-0.39, 0.29) is 17.1 Å². The molecule has 0 aromatic heterocycles. The van der Waals surface area contributed by atoms with Crippen molar-refractivity contribution in [1.29, 1.82) is 0 Å². The van der Waals surface area contributed by atoms with Crippen LogP contribution in [0.5, 0.6) is 0 Å². The van der Waals surface area contributed by atoms with Crippen molar-refractivity contribution in [3.63, 3.8) is 0 Å². The van der Waals surface area contributed by atoms with E-state index < -0.39 is 29.7 Å². The van der Waals surface area contributed by atoms with E-state index in [1.807, 2.05) is 0 Å². The van der Waals surface area contributed by atoms with E-state index >= 15 is 0 Å². The number of amides is 2. The van der Waals surface area contributed by atoms with E-state index in [1.54, 1.807) is 55.5 Å². The average molecular weight is 419 g/mol. The van der Waals surface area contributed by atoms with E-state index in [4.69, 9.17) is 21.1 Å². The Bertz CT molecular complexity index is 982. The molecule has 2 heterocycles. The Morgan fingerprint density at radius 2 is 1.90 bits per heavy atom. The summed E-state index contributed by atoms with van der Waals surface area (Å²) in [5.41, 5.74) is -1.19. The lowest BCUT2D eigenvalue weighted by Crippen LogP contribution is -2.64. The zero-order valence-electron chi connectivity index (χ0n) is 15.7. The highest BCUT2D eigenvalue weighted by Gasteiger charge is 2.70. The van der Waals surface area contributed by atoms with E-state index in [9.17, 15) is 19.8 Å². The lowest BCUT2D eigenvalue weighted by atomic mass is 9.83. The summed E-state index contributed by atoms with van der Waals surface area (Å²) in [6, 6.07) is 13.5. The first kappa shape index (κ1) is 19.8. The lowest BCUT2D eigenvalue weighted by molar-refractivity contribution is -0.440. The number of hydrogen-bond donors (Lipinski definition) is 2. The first-order valence-electron chi connectivity index (χ1n) is 8.99. The molecule has 0 aliphatic carbocycles. The molecule has 2 aromatic carbocycles. The third-order valence-corrected chi connectivity index (χ3v) is 5.49. The van der Waals surface area contributed by atoms with E-state index in [0.29, 0.717) is 11.4 Å². The summed E-state index contributed by atoms with van der Waals surface area (Å²) in [4.78, 5) is 29.6. The summed E-state index contributed by atoms with van der Waals surface area (Å²) in [6.45, 7) is 1.94. The molecule has 2 aliphatic rings. The van der Waals surface area contributed by atoms with Gasteiger partial charge in [0.2, 0.25) is 0 Å². The summed E-state index contributed by atoms with van der Waals surface area (Å²) < 4.78 is 10.5. The van der Waals surface area contributed by atoms with Crippen LogP contribution in [0.4, 0.5) is 11.4 Å². The Kier molecular flexibility index (Phi) is 4.64. The van der Waals surface area contributed by atoms with Crippen molar-refractivity contribution in [2.75, 3.05) is 23.4 Å². The topological polar surface area (TPSA) is 99.5 Å². The second kappa shape index (κ2) is 6.79. The maximum Gasteiger partial charge on any atom is 0.409 e. The maximum absolute atomic E-state index is 13.7. The molecule has 1 saturated heterocycles. The van der Waals surface area contributed by atoms with Crippen LogP contribution in [0.15, 0.2) is 48.5 Å². The fourth-order valence-electron chi connectivity index (χ4n) is 3.88. The first-order chi connectivity index (χ1) is 13.7. The van der Waals surface area contributed by atoms with Crippen LogP contribution in [0.3, 0.4) is 0 Å². The number of benzene rings is 2. The van der Waals surface area contributed by atoms with Gasteiger partial charge in [0.1, 0.15) is 6.10 Å². The minimum Gasteiger partial charge on any atom is -0.319 e. The van der Waals surface area contributed by atoms with Crippen molar-refractivity contribution in [1.82, 2.24) is 0 Å². The van der Waals surface area contributed by atoms with Crippen molar-refractivity contribution in [2.45, 2.75) is 24.8 Å². The number of rotatable bonds is 3. The Labute approximate surface area is 171 Å². The summed E-state index contributed by atoms with van der Waals surface area (Å²) in [6.07, 6.45) is -4.59. The van der Waals surface area contributed by atoms with Gasteiger partial charge in [0.15, 0.2) is 0 Å². The van der Waals surface area contributed by atoms with Gasteiger partial charge in [-0.3, -0.25) is 19.1 Å². The van der Waals surface area contributed by atoms with Gasteiger partial charge in [-0.1, -0.05) is 35.9 Å². The molecule has 0 spiro atoms. The first-order valence-corrected chi connectivity index (χ1v) is 9.37. The largest absolute Gasteiger partial charge is 0.409 e. The fraction of sp³-hybridized carbons (Fsp3) is 0.300. The number of likely N-dealkylation sites (N-methyl/N-ethyl adjacent to an activating group) is 2. The van der Waals surface area contributed by atoms with Gasteiger partial charge in [-0.25, -0.2) is 0 Å². The Morgan fingerprint density at radius 1 is 1.21 bits per heavy atom. The molecule has 2 aliphatic heterocycles. The Balaban J connectivity index is 1.92. The van der Waals surface area contributed by atoms with Gasteiger partial charge in [-0.2, -0.15) is 0 Å². The highest BCUT2D eigenvalue weighted by Crippen LogP contribution is 2.53. The fourth-order valence-corrected chi connectivity index (χ4v) is 4.15. The molecule has 29 heavy (non-hydrogen) atoms. The number of carbonyl (C=O) groups excluding carboxylic acids is 2. The van der Waals surface area contributed by atoms with Gasteiger partial charge in [-0.05, 0) is 31.2 Å². The third-order valence-electron chi connectivity index (χ3n) is 5.16. The van der Waals surface area contributed by atoms with E-state index in [0.717, 1.165) is 0 Å². The summed E-state index contributed by atoms with van der Waals surface area (Å²) in [5.74, 6) is -1.58. The number of nitrogens with zero attached hydrogens (tertiary/aromatic N) is 2. The van der Waals surface area contributed by atoms with E-state index in [1.165, 1.54) is 16.8 Å². The molecule has 2 aromatic rings. The molecule has 0 saturated carbocycles. The Morgan fingerprint density at radius 3 is 2.55 bits per heavy atom. The molecule has 2 atom stereocenters. The van der Waals surface area contributed by atoms with Crippen molar-refractivity contribution < 1.29 is 29.3 Å². The normalized spacial score (nSPS) is 24.8. The SMILES string of the molecule is CCN(C(=O)C12OC(O)(O)OC1c1c(Cl)cccc1N(C)C2=O)c1ccccc1. The molecule has 2 amide bonds. The number of aliphatic hydroxyl groups is 2. The molecule has 2 N–H and O–H groups in total. The minimum absolute atomic E-state index is 0.202. The predicted octanol–water partition coefficient (Wildman–Crippen LogP) is 1.79. The minimum atomic E-state index is -3.15. The standard InChI is InChI=1S/C20H19ClN2O6/c1-3-23(12-8-5-4-6-9-12)18(25)19-16(28-20(26,27)29-19)15-13(21)10-7-11-14(15)22(2)17(19)24/h4-11,16,26-27H,3H2,1-2H3. The molecular weight excluding hydrogens is 400 g/mol. The summed E-state index contributed by atoms with van der Waals surface area (Å²) in [5, 5.41) is 20.4. The molecule has 0 radical (unpaired) electrons. The molecule has 9 heteroatoms. The van der Waals surface area contributed by atoms with Gasteiger partial charge in [0, 0.05) is 29.9 Å². The number of anilines is 2. The van der Waals surface area contributed by atoms with Crippen LogP contribution >= 0.6 is 11.6 Å². The van der Waals surface area contributed by atoms with Crippen molar-refractivity contribution in [2.24, 2.45) is 0 Å². The molecule has 152 valence electrons. The number of halogens is 1. The number of para-hydroxylation sites is 1. The maximum atomic E-state index is 13.7. The van der Waals surface area contributed by atoms with Crippen LogP contribution in [-0.4, -0.2) is 47.4 Å². The molecule has 0 bridgehead atoms. The average Bonchev–Trinajstić information content (AvgIpc) is 3.00. The highest BCUT2D eigenvalue weighted by molar-refractivity contribution is 6.33. The third kappa shape index (κ3) is 2.84. The molecule has 8 nitrogen and oxygen atoms in total. The number of fused-ring (bicyclic) bond motifs is 3. The summed E-state index contributed by atoms with van der Waals surface area (Å²) in [7, 11) is 1.46. The number of ether oxygens (including phenoxy) is 2. The molecule has 1 fully saturated rings. The van der Waals surface area contributed by atoms with Gasteiger partial charge in [0.25, 0.3) is 17.4 Å². The van der Waals surface area contributed by atoms with Gasteiger partial charge < -0.3 is 20.0 Å². The van der Waals surface area contributed by atoms with Crippen molar-refractivity contribution >= 4 is 34.8 Å². The van der Waals surface area contributed by atoms with Gasteiger partial charge in [0.05, 0.1) is 5.69 Å². The van der Waals surface area contributed by atoms with Crippen LogP contribution in [0.2, 0.25) is 5.02 Å². The second-order valence-electron chi connectivity index (χ2n) is 6.81. The molecule has 4 rings (SSSR count). The van der Waals surface area contributed by atoms with Gasteiger partial charge >= 0.3 is 6.16 Å². The summed E-state index contributed by atoms with van der Waals surface area (Å²) >= 11 is 6.35. The zero-order valence-corrected chi connectivity index (χ0v) is 16.5. The monoisotopic (exact) mass is 418 g/mol. The van der Waals surface area contributed by atoms with Crippen LogP contribution in [0, 0.1) is 0 Å². The second-order valence-corrected chi connectivity index (χ2v) is 7.21. The predicted molar refractivity (Wildman–Crippen MR) is 104 cm³/mol. The van der Waals surface area contributed by atoms with Crippen LogP contribution in [0.25, 0.3) is 0 Å².